The number of amides is 1. The molecule has 0 saturated heterocycles. The number of hydrogen-bond acceptors (Lipinski definition) is 1. The van der Waals surface area contributed by atoms with E-state index in [0.717, 1.165) is 12.8 Å². The second kappa shape index (κ2) is 6.08. The highest BCUT2D eigenvalue weighted by molar-refractivity contribution is 5.76. The van der Waals surface area contributed by atoms with Crippen LogP contribution in [0.1, 0.15) is 39.2 Å². The Hall–Kier alpha value is -1.83. The lowest BCUT2D eigenvalue weighted by atomic mass is 9.76. The Morgan fingerprint density at radius 3 is 2.45 bits per heavy atom. The molecule has 20 heavy (non-hydrogen) atoms. The summed E-state index contributed by atoms with van der Waals surface area (Å²) < 4.78 is 0. The molecule has 2 unspecified atom stereocenters. The van der Waals surface area contributed by atoms with Crippen molar-refractivity contribution in [2.75, 3.05) is 0 Å². The summed E-state index contributed by atoms with van der Waals surface area (Å²) in [5.74, 6) is 0.467. The van der Waals surface area contributed by atoms with Gasteiger partial charge in [-0.1, -0.05) is 42.5 Å². The SMILES string of the molecule is C=C(C)C1CC(c2ccccc2)=C(C)C(NC(C)=O)C1. The van der Waals surface area contributed by atoms with E-state index in [0.29, 0.717) is 5.92 Å². The summed E-state index contributed by atoms with van der Waals surface area (Å²) >= 11 is 0. The molecule has 2 nitrogen and oxygen atoms in total. The van der Waals surface area contributed by atoms with Crippen molar-refractivity contribution in [2.45, 2.75) is 39.7 Å². The van der Waals surface area contributed by atoms with Crippen molar-refractivity contribution in [1.29, 1.82) is 0 Å². The van der Waals surface area contributed by atoms with E-state index in [2.05, 4.69) is 50.0 Å². The average Bonchev–Trinajstić information content (AvgIpc) is 2.41. The molecule has 1 aliphatic rings. The molecule has 1 N–H and O–H groups in total. The zero-order valence-electron chi connectivity index (χ0n) is 12.6. The molecule has 0 saturated carbocycles. The zero-order valence-corrected chi connectivity index (χ0v) is 12.6. The second-order valence-corrected chi connectivity index (χ2v) is 5.76. The highest BCUT2D eigenvalue weighted by Gasteiger charge is 2.28. The number of nitrogens with one attached hydrogen (secondary N) is 1. The predicted molar refractivity (Wildman–Crippen MR) is 84.2 cm³/mol. The monoisotopic (exact) mass is 269 g/mol. The smallest absolute Gasteiger partial charge is 0.217 e. The summed E-state index contributed by atoms with van der Waals surface area (Å²) in [5.41, 5.74) is 5.08. The molecule has 1 aromatic rings. The van der Waals surface area contributed by atoms with Crippen LogP contribution in [0.3, 0.4) is 0 Å². The van der Waals surface area contributed by atoms with Crippen LogP contribution >= 0.6 is 0 Å². The fourth-order valence-corrected chi connectivity index (χ4v) is 2.94. The van der Waals surface area contributed by atoms with Crippen LogP contribution in [0.25, 0.3) is 5.57 Å². The molecule has 1 aromatic carbocycles. The van der Waals surface area contributed by atoms with Gasteiger partial charge in [0, 0.05) is 6.92 Å². The van der Waals surface area contributed by atoms with Crippen molar-refractivity contribution >= 4 is 11.5 Å². The van der Waals surface area contributed by atoms with Gasteiger partial charge in [-0.25, -0.2) is 0 Å². The minimum Gasteiger partial charge on any atom is -0.350 e. The van der Waals surface area contributed by atoms with Crippen LogP contribution in [0.5, 0.6) is 0 Å². The molecule has 0 radical (unpaired) electrons. The fraction of sp³-hybridized carbons (Fsp3) is 0.389. The molecule has 2 rings (SSSR count). The molecular formula is C18H23NO. The van der Waals surface area contributed by atoms with Gasteiger partial charge in [0.05, 0.1) is 6.04 Å². The quantitative estimate of drug-likeness (QED) is 0.827. The average molecular weight is 269 g/mol. The number of benzene rings is 1. The van der Waals surface area contributed by atoms with Gasteiger partial charge >= 0.3 is 0 Å². The van der Waals surface area contributed by atoms with Crippen molar-refractivity contribution in [3.05, 3.63) is 53.6 Å². The first-order chi connectivity index (χ1) is 9.49. The number of carbonyl (C=O) groups excluding carboxylic acids is 1. The second-order valence-electron chi connectivity index (χ2n) is 5.76. The van der Waals surface area contributed by atoms with E-state index in [1.54, 1.807) is 6.92 Å². The summed E-state index contributed by atoms with van der Waals surface area (Å²) in [6, 6.07) is 10.6. The van der Waals surface area contributed by atoms with Crippen LogP contribution in [0.4, 0.5) is 0 Å². The third-order valence-corrected chi connectivity index (χ3v) is 4.17. The third kappa shape index (κ3) is 3.19. The first-order valence-electron chi connectivity index (χ1n) is 7.16. The molecule has 2 atom stereocenters. The zero-order chi connectivity index (χ0) is 14.7. The number of carbonyl (C=O) groups is 1. The van der Waals surface area contributed by atoms with E-state index in [-0.39, 0.29) is 11.9 Å². The molecular weight excluding hydrogens is 246 g/mol. The summed E-state index contributed by atoms with van der Waals surface area (Å²) in [7, 11) is 0. The van der Waals surface area contributed by atoms with Gasteiger partial charge in [-0.2, -0.15) is 0 Å². The molecule has 0 fully saturated rings. The summed E-state index contributed by atoms with van der Waals surface area (Å²) in [5, 5.41) is 3.08. The summed E-state index contributed by atoms with van der Waals surface area (Å²) in [6.45, 7) is 9.91. The lowest BCUT2D eigenvalue weighted by Crippen LogP contribution is -2.38. The van der Waals surface area contributed by atoms with E-state index < -0.39 is 0 Å². The molecule has 0 aromatic heterocycles. The van der Waals surface area contributed by atoms with Crippen molar-refractivity contribution in [3.8, 4) is 0 Å². The normalized spacial score (nSPS) is 22.6. The van der Waals surface area contributed by atoms with E-state index in [1.807, 2.05) is 6.07 Å². The summed E-state index contributed by atoms with van der Waals surface area (Å²) in [6.07, 6.45) is 1.97. The van der Waals surface area contributed by atoms with Gasteiger partial charge in [0.25, 0.3) is 0 Å². The lowest BCUT2D eigenvalue weighted by molar-refractivity contribution is -0.119. The Balaban J connectivity index is 2.39. The van der Waals surface area contributed by atoms with Crippen LogP contribution < -0.4 is 5.32 Å². The van der Waals surface area contributed by atoms with Gasteiger partial charge in [0.2, 0.25) is 5.91 Å². The maximum absolute atomic E-state index is 11.4. The Bertz CT molecular complexity index is 542. The van der Waals surface area contributed by atoms with Crippen LogP contribution in [0.2, 0.25) is 0 Å². The fourth-order valence-electron chi connectivity index (χ4n) is 2.94. The molecule has 1 amide bonds. The Morgan fingerprint density at radius 1 is 1.25 bits per heavy atom. The molecule has 0 bridgehead atoms. The summed E-state index contributed by atoms with van der Waals surface area (Å²) in [4.78, 5) is 11.4. The van der Waals surface area contributed by atoms with Gasteiger partial charge < -0.3 is 5.32 Å². The molecule has 0 heterocycles. The van der Waals surface area contributed by atoms with Gasteiger partial charge in [0.15, 0.2) is 0 Å². The maximum Gasteiger partial charge on any atom is 0.217 e. The van der Waals surface area contributed by atoms with Crippen molar-refractivity contribution in [1.82, 2.24) is 5.32 Å². The van der Waals surface area contributed by atoms with E-state index in [9.17, 15) is 4.79 Å². The van der Waals surface area contributed by atoms with Gasteiger partial charge in [0.1, 0.15) is 0 Å². The molecule has 2 heteroatoms. The Labute approximate surface area is 121 Å². The van der Waals surface area contributed by atoms with Crippen LogP contribution in [-0.4, -0.2) is 11.9 Å². The third-order valence-electron chi connectivity index (χ3n) is 4.17. The first-order valence-corrected chi connectivity index (χ1v) is 7.16. The lowest BCUT2D eigenvalue weighted by Gasteiger charge is -2.33. The highest BCUT2D eigenvalue weighted by Crippen LogP contribution is 2.38. The van der Waals surface area contributed by atoms with Gasteiger partial charge in [-0.3, -0.25) is 4.79 Å². The topological polar surface area (TPSA) is 29.1 Å². The van der Waals surface area contributed by atoms with Crippen molar-refractivity contribution in [2.24, 2.45) is 5.92 Å². The first kappa shape index (κ1) is 14.6. The van der Waals surface area contributed by atoms with Gasteiger partial charge in [-0.15, -0.1) is 0 Å². The van der Waals surface area contributed by atoms with Crippen LogP contribution in [0.15, 0.2) is 48.1 Å². The highest BCUT2D eigenvalue weighted by atomic mass is 16.1. The predicted octanol–water partition coefficient (Wildman–Crippen LogP) is 3.95. The number of hydrogen-bond donors (Lipinski definition) is 1. The van der Waals surface area contributed by atoms with Crippen molar-refractivity contribution in [3.63, 3.8) is 0 Å². The minimum absolute atomic E-state index is 0.0316. The molecule has 106 valence electrons. The number of allylic oxidation sites excluding steroid dienone is 2. The van der Waals surface area contributed by atoms with Gasteiger partial charge in [-0.05, 0) is 49.3 Å². The maximum atomic E-state index is 11.4. The van der Waals surface area contributed by atoms with E-state index >= 15 is 0 Å². The Kier molecular flexibility index (Phi) is 4.43. The largest absolute Gasteiger partial charge is 0.350 e. The minimum atomic E-state index is 0.0316. The molecule has 0 spiro atoms. The van der Waals surface area contributed by atoms with E-state index in [4.69, 9.17) is 0 Å². The molecule has 0 aliphatic heterocycles. The standard InChI is InChI=1S/C18H23NO/c1-12(2)16-10-17(15-8-6-5-7-9-15)13(3)18(11-16)19-14(4)20/h5-9,16,18H,1,10-11H2,2-4H3,(H,19,20). The van der Waals surface area contributed by atoms with Crippen LogP contribution in [0, 0.1) is 5.92 Å². The van der Waals surface area contributed by atoms with E-state index in [1.165, 1.54) is 22.3 Å². The number of rotatable bonds is 3. The van der Waals surface area contributed by atoms with Crippen LogP contribution in [-0.2, 0) is 4.79 Å². The molecule has 1 aliphatic carbocycles. The Morgan fingerprint density at radius 2 is 1.90 bits per heavy atom. The van der Waals surface area contributed by atoms with Crippen molar-refractivity contribution < 1.29 is 4.79 Å².